The molecule has 1 N–H and O–H groups in total. The lowest BCUT2D eigenvalue weighted by Gasteiger charge is -2.36. The molecule has 19 heavy (non-hydrogen) atoms. The summed E-state index contributed by atoms with van der Waals surface area (Å²) in [7, 11) is 0. The highest BCUT2D eigenvalue weighted by Crippen LogP contribution is 2.42. The highest BCUT2D eigenvalue weighted by molar-refractivity contribution is 7.10. The van der Waals surface area contributed by atoms with Crippen LogP contribution >= 0.6 is 11.3 Å². The SMILES string of the molecule is OC1(c2cccs2)CCCCCC1CN1CCCC1. The maximum atomic E-state index is 11.3. The first-order valence-electron chi connectivity index (χ1n) is 7.78. The molecule has 1 saturated heterocycles. The van der Waals surface area contributed by atoms with E-state index in [-0.39, 0.29) is 0 Å². The summed E-state index contributed by atoms with van der Waals surface area (Å²) < 4.78 is 0. The molecule has 1 aromatic rings. The van der Waals surface area contributed by atoms with Gasteiger partial charge in [-0.2, -0.15) is 0 Å². The minimum absolute atomic E-state index is 0.423. The van der Waals surface area contributed by atoms with E-state index in [9.17, 15) is 5.11 Å². The molecule has 2 heterocycles. The van der Waals surface area contributed by atoms with Crippen molar-refractivity contribution in [2.75, 3.05) is 19.6 Å². The maximum Gasteiger partial charge on any atom is 0.103 e. The average Bonchev–Trinajstić information content (AvgIpc) is 3.07. The minimum atomic E-state index is -0.562. The molecule has 2 fully saturated rings. The van der Waals surface area contributed by atoms with Gasteiger partial charge in [-0.25, -0.2) is 0 Å². The van der Waals surface area contributed by atoms with Gasteiger partial charge < -0.3 is 10.0 Å². The number of likely N-dealkylation sites (tertiary alicyclic amines) is 1. The van der Waals surface area contributed by atoms with Crippen molar-refractivity contribution in [2.45, 2.75) is 50.5 Å². The average molecular weight is 279 g/mol. The van der Waals surface area contributed by atoms with E-state index in [0.29, 0.717) is 5.92 Å². The van der Waals surface area contributed by atoms with Crippen LogP contribution in [-0.4, -0.2) is 29.6 Å². The van der Waals surface area contributed by atoms with Crippen LogP contribution in [0.4, 0.5) is 0 Å². The molecule has 2 nitrogen and oxygen atoms in total. The molecule has 3 rings (SSSR count). The number of aliphatic hydroxyl groups is 1. The molecule has 1 aromatic heterocycles. The maximum absolute atomic E-state index is 11.3. The number of hydrogen-bond donors (Lipinski definition) is 1. The van der Waals surface area contributed by atoms with E-state index < -0.39 is 5.60 Å². The summed E-state index contributed by atoms with van der Waals surface area (Å²) in [5.74, 6) is 0.423. The summed E-state index contributed by atoms with van der Waals surface area (Å²) in [5.41, 5.74) is -0.562. The van der Waals surface area contributed by atoms with Crippen LogP contribution in [0.5, 0.6) is 0 Å². The molecule has 106 valence electrons. The number of rotatable bonds is 3. The molecule has 1 aliphatic carbocycles. The third kappa shape index (κ3) is 2.88. The van der Waals surface area contributed by atoms with Crippen molar-refractivity contribution in [1.29, 1.82) is 0 Å². The Balaban J connectivity index is 1.79. The van der Waals surface area contributed by atoms with Crippen molar-refractivity contribution >= 4 is 11.3 Å². The third-order valence-corrected chi connectivity index (χ3v) is 5.95. The van der Waals surface area contributed by atoms with Gasteiger partial charge in [-0.15, -0.1) is 11.3 Å². The van der Waals surface area contributed by atoms with Gasteiger partial charge in [-0.1, -0.05) is 25.3 Å². The Hall–Kier alpha value is -0.380. The smallest absolute Gasteiger partial charge is 0.103 e. The van der Waals surface area contributed by atoms with E-state index in [1.54, 1.807) is 11.3 Å². The van der Waals surface area contributed by atoms with E-state index in [1.165, 1.54) is 56.5 Å². The second kappa shape index (κ2) is 5.94. The molecule has 2 unspecified atom stereocenters. The fraction of sp³-hybridized carbons (Fsp3) is 0.750. The summed E-state index contributed by atoms with van der Waals surface area (Å²) in [5, 5.41) is 13.4. The van der Waals surface area contributed by atoms with Crippen molar-refractivity contribution in [2.24, 2.45) is 5.92 Å². The van der Waals surface area contributed by atoms with E-state index >= 15 is 0 Å². The second-order valence-electron chi connectivity index (χ2n) is 6.21. The zero-order valence-electron chi connectivity index (χ0n) is 11.7. The topological polar surface area (TPSA) is 23.5 Å². The summed E-state index contributed by atoms with van der Waals surface area (Å²) in [6.07, 6.45) is 8.55. The first-order valence-corrected chi connectivity index (χ1v) is 8.66. The predicted octanol–water partition coefficient (Wildman–Crippen LogP) is 3.61. The molecule has 0 radical (unpaired) electrons. The third-order valence-electron chi connectivity index (χ3n) is 4.91. The fourth-order valence-corrected chi connectivity index (χ4v) is 4.71. The summed E-state index contributed by atoms with van der Waals surface area (Å²) in [4.78, 5) is 3.76. The zero-order valence-corrected chi connectivity index (χ0v) is 12.5. The zero-order chi connectivity index (χ0) is 13.1. The van der Waals surface area contributed by atoms with E-state index in [2.05, 4.69) is 22.4 Å². The van der Waals surface area contributed by atoms with Gasteiger partial charge in [0.05, 0.1) is 0 Å². The number of nitrogens with zero attached hydrogens (tertiary/aromatic N) is 1. The van der Waals surface area contributed by atoms with Crippen LogP contribution in [0.15, 0.2) is 17.5 Å². The Morgan fingerprint density at radius 1 is 1.21 bits per heavy atom. The van der Waals surface area contributed by atoms with Crippen LogP contribution in [0, 0.1) is 5.92 Å². The van der Waals surface area contributed by atoms with Crippen LogP contribution in [0.2, 0.25) is 0 Å². The molecule has 0 bridgehead atoms. The van der Waals surface area contributed by atoms with Crippen LogP contribution < -0.4 is 0 Å². The molecule has 0 spiro atoms. The summed E-state index contributed by atoms with van der Waals surface area (Å²) in [6.45, 7) is 3.56. The first-order chi connectivity index (χ1) is 9.29. The Bertz CT molecular complexity index is 385. The molecule has 0 aromatic carbocycles. The van der Waals surface area contributed by atoms with E-state index in [1.807, 2.05) is 0 Å². The lowest BCUT2D eigenvalue weighted by Crippen LogP contribution is -2.40. The van der Waals surface area contributed by atoms with E-state index in [0.717, 1.165) is 13.0 Å². The van der Waals surface area contributed by atoms with Crippen molar-refractivity contribution in [3.8, 4) is 0 Å². The van der Waals surface area contributed by atoms with Gasteiger partial charge >= 0.3 is 0 Å². The molecular weight excluding hydrogens is 254 g/mol. The Kier molecular flexibility index (Phi) is 4.25. The van der Waals surface area contributed by atoms with Gasteiger partial charge in [0.15, 0.2) is 0 Å². The van der Waals surface area contributed by atoms with Crippen molar-refractivity contribution in [3.63, 3.8) is 0 Å². The summed E-state index contributed by atoms with van der Waals surface area (Å²) >= 11 is 1.73. The van der Waals surface area contributed by atoms with Gasteiger partial charge in [0, 0.05) is 17.3 Å². The normalized spacial score (nSPS) is 33.4. The molecule has 3 heteroatoms. The van der Waals surface area contributed by atoms with Gasteiger partial charge in [0.25, 0.3) is 0 Å². The van der Waals surface area contributed by atoms with Gasteiger partial charge in [0.2, 0.25) is 0 Å². The fourth-order valence-electron chi connectivity index (χ4n) is 3.77. The lowest BCUT2D eigenvalue weighted by molar-refractivity contribution is -0.0378. The number of hydrogen-bond acceptors (Lipinski definition) is 3. The van der Waals surface area contributed by atoms with Crippen molar-refractivity contribution in [3.05, 3.63) is 22.4 Å². The Morgan fingerprint density at radius 3 is 2.79 bits per heavy atom. The first kappa shape index (κ1) is 13.6. The van der Waals surface area contributed by atoms with Crippen molar-refractivity contribution < 1.29 is 5.11 Å². The largest absolute Gasteiger partial charge is 0.384 e. The highest BCUT2D eigenvalue weighted by atomic mass is 32.1. The monoisotopic (exact) mass is 279 g/mol. The highest BCUT2D eigenvalue weighted by Gasteiger charge is 2.40. The van der Waals surface area contributed by atoms with Crippen molar-refractivity contribution in [1.82, 2.24) is 4.90 Å². The standard InChI is InChI=1S/C16H25NOS/c18-16(15-8-6-12-19-15)9-3-1-2-7-14(16)13-17-10-4-5-11-17/h6,8,12,14,18H,1-5,7,9-11,13H2. The van der Waals surface area contributed by atoms with Crippen LogP contribution in [-0.2, 0) is 5.60 Å². The molecule has 1 saturated carbocycles. The molecule has 1 aliphatic heterocycles. The summed E-state index contributed by atoms with van der Waals surface area (Å²) in [6, 6.07) is 4.21. The quantitative estimate of drug-likeness (QED) is 0.854. The number of thiophene rings is 1. The Morgan fingerprint density at radius 2 is 2.05 bits per heavy atom. The molecule has 2 aliphatic rings. The Labute approximate surface area is 120 Å². The van der Waals surface area contributed by atoms with Gasteiger partial charge in [-0.3, -0.25) is 0 Å². The molecular formula is C16H25NOS. The second-order valence-corrected chi connectivity index (χ2v) is 7.15. The van der Waals surface area contributed by atoms with E-state index in [4.69, 9.17) is 0 Å². The molecule has 0 amide bonds. The molecule has 2 atom stereocenters. The van der Waals surface area contributed by atoms with Crippen LogP contribution in [0.3, 0.4) is 0 Å². The van der Waals surface area contributed by atoms with Crippen LogP contribution in [0.25, 0.3) is 0 Å². The van der Waals surface area contributed by atoms with Crippen LogP contribution in [0.1, 0.15) is 49.8 Å². The predicted molar refractivity (Wildman–Crippen MR) is 80.5 cm³/mol. The lowest BCUT2D eigenvalue weighted by atomic mass is 9.81. The van der Waals surface area contributed by atoms with Gasteiger partial charge in [-0.05, 0) is 50.2 Å². The van der Waals surface area contributed by atoms with Gasteiger partial charge in [0.1, 0.15) is 5.60 Å². The minimum Gasteiger partial charge on any atom is -0.384 e.